The molecule has 0 fully saturated rings. The lowest BCUT2D eigenvalue weighted by molar-refractivity contribution is 0.415. The van der Waals surface area contributed by atoms with E-state index in [2.05, 4.69) is 11.1 Å². The lowest BCUT2D eigenvalue weighted by Crippen LogP contribution is -2.10. The third kappa shape index (κ3) is 2.22. The van der Waals surface area contributed by atoms with Gasteiger partial charge in [0.2, 0.25) is 0 Å². The minimum absolute atomic E-state index is 0.599. The normalized spacial score (nSPS) is 9.71. The van der Waals surface area contributed by atoms with Gasteiger partial charge in [-0.25, -0.2) is 4.98 Å². The van der Waals surface area contributed by atoms with Gasteiger partial charge in [0.1, 0.15) is 16.7 Å². The molecule has 4 nitrogen and oxygen atoms in total. The van der Waals surface area contributed by atoms with Crippen LogP contribution in [0.4, 0.5) is 10.8 Å². The number of nitriles is 1. The van der Waals surface area contributed by atoms with Crippen LogP contribution in [0.15, 0.2) is 30.5 Å². The van der Waals surface area contributed by atoms with Crippen molar-refractivity contribution in [2.45, 2.75) is 0 Å². The smallest absolute Gasteiger partial charge is 0.190 e. The van der Waals surface area contributed by atoms with Crippen molar-refractivity contribution >= 4 is 22.2 Å². The minimum atomic E-state index is 0.599. The van der Waals surface area contributed by atoms with Gasteiger partial charge in [0.15, 0.2) is 5.13 Å². The number of benzene rings is 1. The van der Waals surface area contributed by atoms with E-state index in [9.17, 15) is 0 Å². The molecule has 2 rings (SSSR count). The fraction of sp³-hybridized carbons (Fsp3) is 0.167. The standard InChI is InChI=1S/C12H11N3OS/c1-15(12-14-8-9(7-13)17-12)10-5-3-4-6-11(10)16-2/h3-6,8H,1-2H3. The van der Waals surface area contributed by atoms with Crippen LogP contribution in [-0.2, 0) is 0 Å². The quantitative estimate of drug-likeness (QED) is 0.834. The second kappa shape index (κ2) is 4.85. The first-order valence-electron chi connectivity index (χ1n) is 4.99. The molecule has 0 saturated heterocycles. The summed E-state index contributed by atoms with van der Waals surface area (Å²) in [7, 11) is 3.53. The van der Waals surface area contributed by atoms with Crippen molar-refractivity contribution in [3.63, 3.8) is 0 Å². The van der Waals surface area contributed by atoms with Crippen molar-refractivity contribution < 1.29 is 4.74 Å². The third-order valence-electron chi connectivity index (χ3n) is 2.34. The average molecular weight is 245 g/mol. The van der Waals surface area contributed by atoms with Crippen molar-refractivity contribution in [2.75, 3.05) is 19.1 Å². The van der Waals surface area contributed by atoms with E-state index in [-0.39, 0.29) is 0 Å². The van der Waals surface area contributed by atoms with E-state index in [1.165, 1.54) is 11.3 Å². The number of thiazole rings is 1. The molecule has 1 aromatic carbocycles. The van der Waals surface area contributed by atoms with Crippen molar-refractivity contribution in [1.82, 2.24) is 4.98 Å². The Balaban J connectivity index is 2.36. The van der Waals surface area contributed by atoms with E-state index >= 15 is 0 Å². The Labute approximate surface area is 104 Å². The van der Waals surface area contributed by atoms with Gasteiger partial charge in [0.05, 0.1) is 19.0 Å². The molecule has 0 unspecified atom stereocenters. The first-order valence-corrected chi connectivity index (χ1v) is 5.80. The number of rotatable bonds is 3. The van der Waals surface area contributed by atoms with Gasteiger partial charge >= 0.3 is 0 Å². The van der Waals surface area contributed by atoms with Crippen LogP contribution in [0.2, 0.25) is 0 Å². The molecular weight excluding hydrogens is 234 g/mol. The van der Waals surface area contributed by atoms with E-state index in [1.807, 2.05) is 36.2 Å². The highest BCUT2D eigenvalue weighted by Gasteiger charge is 2.12. The maximum atomic E-state index is 8.78. The summed E-state index contributed by atoms with van der Waals surface area (Å²) in [6, 6.07) is 9.78. The zero-order chi connectivity index (χ0) is 12.3. The summed E-state index contributed by atoms with van der Waals surface area (Å²) < 4.78 is 5.29. The minimum Gasteiger partial charge on any atom is -0.495 e. The number of aromatic nitrogens is 1. The lowest BCUT2D eigenvalue weighted by Gasteiger charge is -2.18. The molecule has 5 heteroatoms. The number of nitrogens with zero attached hydrogens (tertiary/aromatic N) is 3. The van der Waals surface area contributed by atoms with Gasteiger partial charge in [-0.05, 0) is 12.1 Å². The highest BCUT2D eigenvalue weighted by molar-refractivity contribution is 7.16. The fourth-order valence-electron chi connectivity index (χ4n) is 1.48. The molecule has 0 aliphatic rings. The van der Waals surface area contributed by atoms with Gasteiger partial charge < -0.3 is 9.64 Å². The molecule has 0 spiro atoms. The van der Waals surface area contributed by atoms with Crippen LogP contribution in [0.1, 0.15) is 4.88 Å². The zero-order valence-electron chi connectivity index (χ0n) is 9.54. The summed E-state index contributed by atoms with van der Waals surface area (Å²) >= 11 is 1.35. The lowest BCUT2D eigenvalue weighted by atomic mass is 10.3. The summed E-state index contributed by atoms with van der Waals surface area (Å²) in [6.07, 6.45) is 1.58. The molecule has 17 heavy (non-hydrogen) atoms. The van der Waals surface area contributed by atoms with Gasteiger partial charge in [-0.1, -0.05) is 23.5 Å². The predicted octanol–water partition coefficient (Wildman–Crippen LogP) is 2.79. The van der Waals surface area contributed by atoms with Crippen LogP contribution in [-0.4, -0.2) is 19.1 Å². The molecule has 0 N–H and O–H groups in total. The van der Waals surface area contributed by atoms with Gasteiger partial charge in [0.25, 0.3) is 0 Å². The van der Waals surface area contributed by atoms with Crippen LogP contribution >= 0.6 is 11.3 Å². The Morgan fingerprint density at radius 3 is 2.82 bits per heavy atom. The first kappa shape index (κ1) is 11.4. The SMILES string of the molecule is COc1ccccc1N(C)c1ncc(C#N)s1. The van der Waals surface area contributed by atoms with Crippen molar-refractivity contribution in [3.8, 4) is 11.8 Å². The molecule has 0 atom stereocenters. The van der Waals surface area contributed by atoms with Crippen molar-refractivity contribution in [3.05, 3.63) is 35.3 Å². The largest absolute Gasteiger partial charge is 0.495 e. The molecule has 0 amide bonds. The van der Waals surface area contributed by atoms with Crippen LogP contribution in [0.25, 0.3) is 0 Å². The molecule has 0 bridgehead atoms. The van der Waals surface area contributed by atoms with Gasteiger partial charge in [-0.15, -0.1) is 0 Å². The number of para-hydroxylation sites is 2. The van der Waals surface area contributed by atoms with Crippen molar-refractivity contribution in [1.29, 1.82) is 5.26 Å². The van der Waals surface area contributed by atoms with Crippen LogP contribution in [0.3, 0.4) is 0 Å². The molecule has 0 saturated carbocycles. The number of methoxy groups -OCH3 is 1. The van der Waals surface area contributed by atoms with E-state index in [4.69, 9.17) is 10.00 Å². The molecule has 1 heterocycles. The predicted molar refractivity (Wildman–Crippen MR) is 67.9 cm³/mol. The van der Waals surface area contributed by atoms with Gasteiger partial charge in [-0.2, -0.15) is 5.26 Å². The maximum Gasteiger partial charge on any atom is 0.190 e. The highest BCUT2D eigenvalue weighted by Crippen LogP contribution is 2.33. The summed E-state index contributed by atoms with van der Waals surface area (Å²) in [6.45, 7) is 0. The summed E-state index contributed by atoms with van der Waals surface area (Å²) in [4.78, 5) is 6.71. The average Bonchev–Trinajstić information content (AvgIpc) is 2.86. The van der Waals surface area contributed by atoms with Gasteiger partial charge in [0, 0.05) is 7.05 Å². The Kier molecular flexibility index (Phi) is 3.26. The summed E-state index contributed by atoms with van der Waals surface area (Å²) in [5, 5.41) is 9.55. The van der Waals surface area contributed by atoms with E-state index in [1.54, 1.807) is 13.3 Å². The molecule has 1 aromatic heterocycles. The molecular formula is C12H11N3OS. The molecule has 2 aromatic rings. The molecule has 86 valence electrons. The molecule has 0 aliphatic heterocycles. The zero-order valence-corrected chi connectivity index (χ0v) is 10.4. The van der Waals surface area contributed by atoms with Gasteiger partial charge in [-0.3, -0.25) is 0 Å². The van der Waals surface area contributed by atoms with Crippen LogP contribution in [0.5, 0.6) is 5.75 Å². The monoisotopic (exact) mass is 245 g/mol. The maximum absolute atomic E-state index is 8.78. The molecule has 0 radical (unpaired) electrons. The van der Waals surface area contributed by atoms with Crippen LogP contribution in [0, 0.1) is 11.3 Å². The fourth-order valence-corrected chi connectivity index (χ4v) is 2.17. The second-order valence-electron chi connectivity index (χ2n) is 3.35. The number of hydrogen-bond donors (Lipinski definition) is 0. The topological polar surface area (TPSA) is 49.1 Å². The van der Waals surface area contributed by atoms with Crippen molar-refractivity contribution in [2.24, 2.45) is 0 Å². The summed E-state index contributed by atoms with van der Waals surface area (Å²) in [5.74, 6) is 0.781. The molecule has 0 aliphatic carbocycles. The van der Waals surface area contributed by atoms with E-state index < -0.39 is 0 Å². The Hall–Kier alpha value is -2.06. The number of anilines is 2. The Morgan fingerprint density at radius 1 is 1.41 bits per heavy atom. The second-order valence-corrected chi connectivity index (χ2v) is 4.36. The third-order valence-corrected chi connectivity index (χ3v) is 3.32. The summed E-state index contributed by atoms with van der Waals surface area (Å²) in [5.41, 5.74) is 0.925. The Bertz CT molecular complexity index is 559. The van der Waals surface area contributed by atoms with Crippen LogP contribution < -0.4 is 9.64 Å². The number of hydrogen-bond acceptors (Lipinski definition) is 5. The Morgan fingerprint density at radius 2 is 2.18 bits per heavy atom. The van der Waals surface area contributed by atoms with E-state index in [0.717, 1.165) is 16.6 Å². The van der Waals surface area contributed by atoms with E-state index in [0.29, 0.717) is 4.88 Å². The number of ether oxygens (including phenoxy) is 1. The first-order chi connectivity index (χ1) is 8.26. The highest BCUT2D eigenvalue weighted by atomic mass is 32.1.